The highest BCUT2D eigenvalue weighted by atomic mass is 32.2. The lowest BCUT2D eigenvalue weighted by Crippen LogP contribution is -2.41. The number of esters is 1. The van der Waals surface area contributed by atoms with Gasteiger partial charge in [0.2, 0.25) is 10.0 Å². The summed E-state index contributed by atoms with van der Waals surface area (Å²) in [7, 11) is -3.31. The molecule has 1 rings (SSSR count). The Morgan fingerprint density at radius 1 is 1.38 bits per heavy atom. The Kier molecular flexibility index (Phi) is 5.07. The molecule has 1 heterocycles. The average molecular weight is 326 g/mol. The molecule has 10 heteroatoms. The Balaban J connectivity index is 3.23. The lowest BCUT2D eigenvalue weighted by Gasteiger charge is -2.14. The Morgan fingerprint density at radius 2 is 1.95 bits per heavy atom. The third-order valence-electron chi connectivity index (χ3n) is 2.68. The van der Waals surface area contributed by atoms with Crippen LogP contribution in [0, 0.1) is 13.8 Å². The van der Waals surface area contributed by atoms with Crippen LogP contribution in [0.25, 0.3) is 0 Å². The summed E-state index contributed by atoms with van der Waals surface area (Å²) in [6.07, 6.45) is 0. The van der Waals surface area contributed by atoms with Gasteiger partial charge in [-0.3, -0.25) is 0 Å². The van der Waals surface area contributed by atoms with Crippen molar-refractivity contribution in [3.63, 3.8) is 0 Å². The zero-order chi connectivity index (χ0) is 16.4. The number of alkyl halides is 2. The van der Waals surface area contributed by atoms with Gasteiger partial charge in [0.25, 0.3) is 5.92 Å². The molecule has 0 aliphatic carbocycles. The molecule has 0 bridgehead atoms. The van der Waals surface area contributed by atoms with Gasteiger partial charge < -0.3 is 14.9 Å². The first-order valence-corrected chi connectivity index (χ1v) is 7.30. The van der Waals surface area contributed by atoms with E-state index in [2.05, 4.69) is 4.74 Å². The number of rotatable bonds is 6. The van der Waals surface area contributed by atoms with Gasteiger partial charge in [0, 0.05) is 0 Å². The van der Waals surface area contributed by atoms with Crippen LogP contribution in [0.3, 0.4) is 0 Å². The van der Waals surface area contributed by atoms with Crippen molar-refractivity contribution in [2.24, 2.45) is 5.73 Å². The van der Waals surface area contributed by atoms with Crippen molar-refractivity contribution >= 4 is 16.0 Å². The summed E-state index contributed by atoms with van der Waals surface area (Å²) in [6.45, 7) is 0.473. The molecule has 0 spiro atoms. The third-order valence-corrected chi connectivity index (χ3v) is 4.24. The van der Waals surface area contributed by atoms with Gasteiger partial charge in [-0.1, -0.05) is 0 Å². The van der Waals surface area contributed by atoms with E-state index in [0.29, 0.717) is 0 Å². The number of furan rings is 1. The molecule has 0 saturated heterocycles. The van der Waals surface area contributed by atoms with Gasteiger partial charge in [0.15, 0.2) is 0 Å². The highest BCUT2D eigenvalue weighted by Crippen LogP contribution is 2.27. The zero-order valence-electron chi connectivity index (χ0n) is 11.7. The third kappa shape index (κ3) is 3.77. The summed E-state index contributed by atoms with van der Waals surface area (Å²) >= 11 is 0. The number of ether oxygens (including phenoxy) is 1. The summed E-state index contributed by atoms with van der Waals surface area (Å²) in [6, 6.07) is 0. The fourth-order valence-electron chi connectivity index (χ4n) is 1.67. The second-order valence-corrected chi connectivity index (χ2v) is 6.00. The van der Waals surface area contributed by atoms with Crippen LogP contribution in [0.4, 0.5) is 8.78 Å². The van der Waals surface area contributed by atoms with Gasteiger partial charge in [0.1, 0.15) is 22.0 Å². The largest absolute Gasteiger partial charge is 0.465 e. The van der Waals surface area contributed by atoms with Gasteiger partial charge in [0.05, 0.1) is 20.2 Å². The van der Waals surface area contributed by atoms with Crippen LogP contribution in [0.15, 0.2) is 9.31 Å². The van der Waals surface area contributed by atoms with Gasteiger partial charge in [-0.05, 0) is 13.8 Å². The van der Waals surface area contributed by atoms with Crippen LogP contribution in [-0.4, -0.2) is 40.5 Å². The Labute approximate surface area is 120 Å². The smallest absolute Gasteiger partial charge is 0.342 e. The predicted octanol–water partition coefficient (Wildman–Crippen LogP) is 0.555. The highest BCUT2D eigenvalue weighted by Gasteiger charge is 2.34. The number of halogens is 2. The van der Waals surface area contributed by atoms with Crippen molar-refractivity contribution in [3.8, 4) is 0 Å². The van der Waals surface area contributed by atoms with Gasteiger partial charge in [-0.2, -0.15) is 0 Å². The molecular weight excluding hydrogens is 310 g/mol. The Morgan fingerprint density at radius 3 is 2.43 bits per heavy atom. The van der Waals surface area contributed by atoms with Crippen LogP contribution < -0.4 is 10.5 Å². The number of aryl methyl sites for hydroxylation is 2. The summed E-state index contributed by atoms with van der Waals surface area (Å²) in [5, 5.41) is 0. The maximum absolute atomic E-state index is 13.1. The minimum atomic E-state index is -4.38. The van der Waals surface area contributed by atoms with E-state index in [1.165, 1.54) is 13.8 Å². The fourth-order valence-corrected chi connectivity index (χ4v) is 3.13. The molecule has 0 fully saturated rings. The fraction of sp³-hybridized carbons (Fsp3) is 0.545. The van der Waals surface area contributed by atoms with Gasteiger partial charge in [-0.15, -0.1) is 0 Å². The van der Waals surface area contributed by atoms with Crippen LogP contribution in [0.1, 0.15) is 21.9 Å². The van der Waals surface area contributed by atoms with E-state index < -0.39 is 39.9 Å². The van der Waals surface area contributed by atoms with Crippen molar-refractivity contribution in [1.29, 1.82) is 0 Å². The van der Waals surface area contributed by atoms with Crippen molar-refractivity contribution in [2.45, 2.75) is 24.7 Å². The lowest BCUT2D eigenvalue weighted by molar-refractivity contribution is 0.0170. The first-order valence-electron chi connectivity index (χ1n) is 5.81. The van der Waals surface area contributed by atoms with Gasteiger partial charge in [-0.25, -0.2) is 26.7 Å². The molecule has 0 aromatic carbocycles. The molecule has 0 aliphatic heterocycles. The Bertz CT molecular complexity index is 639. The highest BCUT2D eigenvalue weighted by molar-refractivity contribution is 7.89. The topological polar surface area (TPSA) is 112 Å². The maximum atomic E-state index is 13.1. The van der Waals surface area contributed by atoms with Gasteiger partial charge >= 0.3 is 5.97 Å². The van der Waals surface area contributed by atoms with Crippen LogP contribution in [0.2, 0.25) is 0 Å². The number of hydrogen-bond acceptors (Lipinski definition) is 6. The molecule has 120 valence electrons. The average Bonchev–Trinajstić information content (AvgIpc) is 2.71. The van der Waals surface area contributed by atoms with E-state index >= 15 is 0 Å². The molecule has 0 unspecified atom stereocenters. The molecule has 7 nitrogen and oxygen atoms in total. The minimum absolute atomic E-state index is 0.0188. The first kappa shape index (κ1) is 17.5. The molecule has 0 atom stereocenters. The first-order chi connectivity index (χ1) is 9.55. The maximum Gasteiger partial charge on any atom is 0.342 e. The zero-order valence-corrected chi connectivity index (χ0v) is 12.5. The van der Waals surface area contributed by atoms with E-state index in [0.717, 1.165) is 7.11 Å². The number of nitrogens with two attached hydrogens (primary N) is 1. The number of methoxy groups -OCH3 is 1. The lowest BCUT2D eigenvalue weighted by atomic mass is 10.2. The van der Waals surface area contributed by atoms with E-state index in [9.17, 15) is 22.0 Å². The van der Waals surface area contributed by atoms with Crippen molar-refractivity contribution < 1.29 is 31.1 Å². The number of hydrogen-bond donors (Lipinski definition) is 2. The summed E-state index contributed by atoms with van der Waals surface area (Å²) in [4.78, 5) is 11.1. The molecule has 1 aromatic rings. The molecule has 0 aliphatic rings. The van der Waals surface area contributed by atoms with E-state index in [-0.39, 0.29) is 17.1 Å². The second kappa shape index (κ2) is 6.08. The monoisotopic (exact) mass is 326 g/mol. The van der Waals surface area contributed by atoms with E-state index in [1.807, 2.05) is 0 Å². The minimum Gasteiger partial charge on any atom is -0.465 e. The molecule has 0 radical (unpaired) electrons. The van der Waals surface area contributed by atoms with Crippen LogP contribution in [0.5, 0.6) is 0 Å². The number of sulfonamides is 1. The van der Waals surface area contributed by atoms with Crippen molar-refractivity contribution in [3.05, 3.63) is 17.1 Å². The molecule has 21 heavy (non-hydrogen) atoms. The van der Waals surface area contributed by atoms with Crippen LogP contribution in [-0.2, 0) is 14.8 Å². The van der Waals surface area contributed by atoms with Crippen molar-refractivity contribution in [2.75, 3.05) is 20.2 Å². The molecular formula is C11H16F2N2O5S. The Hall–Kier alpha value is -1.52. The summed E-state index contributed by atoms with van der Waals surface area (Å²) in [5.41, 5.74) is 4.51. The molecule has 1 aromatic heterocycles. The van der Waals surface area contributed by atoms with Crippen molar-refractivity contribution in [1.82, 2.24) is 4.72 Å². The summed E-state index contributed by atoms with van der Waals surface area (Å²) < 4.78 is 61.6. The molecule has 3 N–H and O–H groups in total. The quantitative estimate of drug-likeness (QED) is 0.739. The van der Waals surface area contributed by atoms with E-state index in [4.69, 9.17) is 10.2 Å². The molecule has 0 amide bonds. The second-order valence-electron chi connectivity index (χ2n) is 4.29. The predicted molar refractivity (Wildman–Crippen MR) is 68.7 cm³/mol. The number of carbonyl (C=O) groups excluding carboxylic acids is 1. The standard InChI is InChI=1S/C11H16F2N2O5S/c1-6-8(10(16)19-3)9(7(2)20-6)21(17,18)15-5-11(12,13)4-14/h15H,4-5,14H2,1-3H3. The normalized spacial score (nSPS) is 12.5. The number of nitrogens with one attached hydrogen (secondary N) is 1. The molecule has 0 saturated carbocycles. The van der Waals surface area contributed by atoms with E-state index in [1.54, 1.807) is 4.72 Å². The van der Waals surface area contributed by atoms with Crippen LogP contribution >= 0.6 is 0 Å². The summed E-state index contributed by atoms with van der Waals surface area (Å²) in [5.74, 6) is -4.41. The number of carbonyl (C=O) groups is 1. The SMILES string of the molecule is COC(=O)c1c(C)oc(C)c1S(=O)(=O)NCC(F)(F)CN.